The van der Waals surface area contributed by atoms with Crippen molar-refractivity contribution in [1.82, 2.24) is 4.57 Å². The van der Waals surface area contributed by atoms with E-state index in [9.17, 15) is 0 Å². The molecule has 0 fully saturated rings. The second-order valence-corrected chi connectivity index (χ2v) is 27.7. The maximum atomic E-state index is 2.45. The van der Waals surface area contributed by atoms with Gasteiger partial charge in [-0.2, -0.15) is 0 Å². The van der Waals surface area contributed by atoms with Crippen molar-refractivity contribution in [2.24, 2.45) is 0 Å². The highest BCUT2D eigenvalue weighted by Crippen LogP contribution is 2.50. The lowest BCUT2D eigenvalue weighted by Gasteiger charge is -2.24. The Hall–Kier alpha value is -9.62. The van der Waals surface area contributed by atoms with E-state index in [2.05, 4.69) is 335 Å². The third kappa shape index (κ3) is 10.4. The fourth-order valence-corrected chi connectivity index (χ4v) is 18.1. The minimum atomic E-state index is 1.08. The maximum absolute atomic E-state index is 2.45. The van der Waals surface area contributed by atoms with E-state index in [4.69, 9.17) is 0 Å². The number of rotatable bonds is 16. The lowest BCUT2D eigenvalue weighted by molar-refractivity contribution is 1.17. The lowest BCUT2D eigenvalue weighted by atomic mass is 10.1. The van der Waals surface area contributed by atoms with Crippen LogP contribution < -0.4 is 14.7 Å². The van der Waals surface area contributed by atoms with Crippen molar-refractivity contribution in [3.05, 3.63) is 315 Å². The van der Waals surface area contributed by atoms with Gasteiger partial charge in [0.25, 0.3) is 0 Å². The van der Waals surface area contributed by atoms with Gasteiger partial charge in [0.15, 0.2) is 0 Å². The normalized spacial score (nSPS) is 11.4. The summed E-state index contributed by atoms with van der Waals surface area (Å²) in [6.07, 6.45) is 0. The van der Waals surface area contributed by atoms with Crippen LogP contribution in [0.1, 0.15) is 0 Å². The summed E-state index contributed by atoms with van der Waals surface area (Å²) in [5, 5.41) is 5.77. The van der Waals surface area contributed by atoms with Crippen molar-refractivity contribution in [3.63, 3.8) is 0 Å². The van der Waals surface area contributed by atoms with E-state index in [1.807, 2.05) is 68.0 Å². The van der Waals surface area contributed by atoms with E-state index in [1.54, 1.807) is 0 Å². The van der Waals surface area contributed by atoms with Gasteiger partial charge in [0.05, 0.1) is 11.0 Å². The predicted molar refractivity (Wildman–Crippen MR) is 385 cm³/mol. The number of aromatic nitrogens is 1. The molecular formula is C78H52N4S6. The molecule has 0 aliphatic heterocycles. The second kappa shape index (κ2) is 23.6. The zero-order chi connectivity index (χ0) is 58.3. The predicted octanol–water partition coefficient (Wildman–Crippen LogP) is 25.6. The average molecular weight is 1240 g/mol. The smallest absolute Gasteiger partial charge is 0.101 e. The molecular weight excluding hydrogens is 1190 g/mol. The van der Waals surface area contributed by atoms with Gasteiger partial charge < -0.3 is 19.3 Å². The van der Waals surface area contributed by atoms with Crippen LogP contribution in [0.3, 0.4) is 0 Å². The van der Waals surface area contributed by atoms with Crippen LogP contribution in [0.4, 0.5) is 49.1 Å². The molecule has 0 amide bonds. The zero-order valence-electron chi connectivity index (χ0n) is 47.3. The largest absolute Gasteiger partial charge is 0.309 e. The molecule has 0 bridgehead atoms. The molecule has 0 radical (unpaired) electrons. The Morgan fingerprint density at radius 1 is 0.205 bits per heavy atom. The van der Waals surface area contributed by atoms with Crippen LogP contribution >= 0.6 is 68.0 Å². The Morgan fingerprint density at radius 3 is 0.807 bits per heavy atom. The van der Waals surface area contributed by atoms with Crippen LogP contribution in [0.25, 0.3) is 88.1 Å². The highest BCUT2D eigenvalue weighted by atomic mass is 32.1. The fraction of sp³-hybridized carbons (Fsp3) is 0. The van der Waals surface area contributed by atoms with Crippen LogP contribution in [0.5, 0.6) is 0 Å². The number of nitrogens with zero attached hydrogens (tertiary/aromatic N) is 4. The molecule has 7 aromatic heterocycles. The van der Waals surface area contributed by atoms with Crippen LogP contribution in [0.15, 0.2) is 315 Å². The SMILES string of the molecule is c1ccc(-c2ccc(-c3ccc(N(c4ccccc4)c4ccc(-n5c6ccc(N(c7ccccc7)c7ccc(-c8ccc(-c9ccccc9)s8)s7)cc6c6cc(N(c7ccccc7)c7ccc(-c8ccc(-c9ccccc9)s8)s7)ccc65)cc4)s3)s2)cc1. The van der Waals surface area contributed by atoms with Gasteiger partial charge in [-0.25, -0.2) is 0 Å². The molecule has 7 heterocycles. The molecule has 10 heteroatoms. The summed E-state index contributed by atoms with van der Waals surface area (Å²) in [5.74, 6) is 0. The number of hydrogen-bond acceptors (Lipinski definition) is 9. The Kier molecular flexibility index (Phi) is 14.4. The number of anilines is 9. The van der Waals surface area contributed by atoms with E-state index >= 15 is 0 Å². The van der Waals surface area contributed by atoms with E-state index in [0.717, 1.165) is 76.6 Å². The van der Waals surface area contributed by atoms with Gasteiger partial charge in [-0.1, -0.05) is 146 Å². The maximum Gasteiger partial charge on any atom is 0.101 e. The minimum absolute atomic E-state index is 1.08. The molecule has 0 atom stereocenters. The lowest BCUT2D eigenvalue weighted by Crippen LogP contribution is -2.08. The van der Waals surface area contributed by atoms with E-state index in [-0.39, 0.29) is 0 Å². The molecule has 0 spiro atoms. The topological polar surface area (TPSA) is 14.7 Å². The van der Waals surface area contributed by atoms with Gasteiger partial charge in [0.2, 0.25) is 0 Å². The highest BCUT2D eigenvalue weighted by Gasteiger charge is 2.24. The Bertz CT molecular complexity index is 4820. The molecule has 16 aromatic rings. The Labute approximate surface area is 535 Å². The number of hydrogen-bond donors (Lipinski definition) is 0. The summed E-state index contributed by atoms with van der Waals surface area (Å²) >= 11 is 11.0. The quantitative estimate of drug-likeness (QED) is 0.0958. The first-order valence-corrected chi connectivity index (χ1v) is 34.0. The number of fused-ring (bicyclic) bond motifs is 3. The van der Waals surface area contributed by atoms with Crippen molar-refractivity contribution in [1.29, 1.82) is 0 Å². The summed E-state index contributed by atoms with van der Waals surface area (Å²) in [7, 11) is 0. The first-order chi connectivity index (χ1) is 43.6. The van der Waals surface area contributed by atoms with E-state index < -0.39 is 0 Å². The molecule has 0 saturated heterocycles. The molecule has 4 nitrogen and oxygen atoms in total. The third-order valence-electron chi connectivity index (χ3n) is 15.8. The summed E-state index contributed by atoms with van der Waals surface area (Å²) in [6.45, 7) is 0. The first kappa shape index (κ1) is 53.8. The van der Waals surface area contributed by atoms with Gasteiger partial charge in [-0.3, -0.25) is 0 Å². The molecule has 420 valence electrons. The molecule has 0 saturated carbocycles. The molecule has 88 heavy (non-hydrogen) atoms. The van der Waals surface area contributed by atoms with Gasteiger partial charge in [-0.05, 0) is 187 Å². The summed E-state index contributed by atoms with van der Waals surface area (Å²) < 4.78 is 2.45. The van der Waals surface area contributed by atoms with Crippen LogP contribution in [0, 0.1) is 0 Å². The summed E-state index contributed by atoms with van der Waals surface area (Å²) in [5.41, 5.74) is 13.6. The van der Waals surface area contributed by atoms with Crippen LogP contribution in [-0.4, -0.2) is 4.57 Å². The molecule has 0 N–H and O–H groups in total. The van der Waals surface area contributed by atoms with Crippen molar-refractivity contribution in [2.75, 3.05) is 14.7 Å². The van der Waals surface area contributed by atoms with Crippen LogP contribution in [-0.2, 0) is 0 Å². The highest BCUT2D eigenvalue weighted by molar-refractivity contribution is 7.27. The second-order valence-electron chi connectivity index (χ2n) is 21.3. The first-order valence-electron chi connectivity index (χ1n) is 29.1. The van der Waals surface area contributed by atoms with Gasteiger partial charge in [0, 0.05) is 94.5 Å². The Balaban J connectivity index is 0.821. The van der Waals surface area contributed by atoms with Crippen molar-refractivity contribution >= 4 is 139 Å². The summed E-state index contributed by atoms with van der Waals surface area (Å²) in [4.78, 5) is 18.6. The number of thiophene rings is 6. The molecule has 0 unspecified atom stereocenters. The van der Waals surface area contributed by atoms with Crippen molar-refractivity contribution in [2.45, 2.75) is 0 Å². The van der Waals surface area contributed by atoms with Crippen molar-refractivity contribution in [3.8, 4) is 66.3 Å². The monoisotopic (exact) mass is 1240 g/mol. The Morgan fingerprint density at radius 2 is 0.466 bits per heavy atom. The van der Waals surface area contributed by atoms with Gasteiger partial charge in [0.1, 0.15) is 15.0 Å². The molecule has 0 aliphatic carbocycles. The number of para-hydroxylation sites is 3. The fourth-order valence-electron chi connectivity index (χ4n) is 11.7. The van der Waals surface area contributed by atoms with Crippen molar-refractivity contribution < 1.29 is 0 Å². The summed E-state index contributed by atoms with van der Waals surface area (Å²) in [6, 6.07) is 115. The minimum Gasteiger partial charge on any atom is -0.309 e. The van der Waals surface area contributed by atoms with Gasteiger partial charge >= 0.3 is 0 Å². The average Bonchev–Trinajstić information content (AvgIpc) is 4.22. The van der Waals surface area contributed by atoms with E-state index in [1.165, 1.54) is 60.6 Å². The van der Waals surface area contributed by atoms with E-state index in [0.29, 0.717) is 0 Å². The van der Waals surface area contributed by atoms with Crippen LogP contribution in [0.2, 0.25) is 0 Å². The number of benzene rings is 9. The molecule has 16 rings (SSSR count). The third-order valence-corrected chi connectivity index (χ3v) is 23.0. The molecule has 9 aromatic carbocycles. The standard InChI is InChI=1S/C78H52N4S6/c1-7-19-53(20-8-1)67-39-42-70(83-67)73-45-48-76(86-73)79(56-25-13-4-14-26-56)59-31-33-60(34-32-59)82-65-37-35-61(80(57-27-15-5-16-28-57)77-49-46-74(87-77)71-43-40-68(84-71)54-21-9-2-10-22-54)51-63(65)64-52-62(36-38-66(64)82)81(58-29-17-6-18-30-58)78-50-47-75(88-78)72-44-41-69(85-72)55-23-11-3-12-24-55/h1-52H. The molecule has 0 aliphatic rings. The zero-order valence-corrected chi connectivity index (χ0v) is 52.2. The van der Waals surface area contributed by atoms with Gasteiger partial charge in [-0.15, -0.1) is 68.0 Å².